The molecule has 0 fully saturated rings. The van der Waals surface area contributed by atoms with Crippen LogP contribution in [0.3, 0.4) is 0 Å². The summed E-state index contributed by atoms with van der Waals surface area (Å²) in [6, 6.07) is 14.8. The average Bonchev–Trinajstić information content (AvgIpc) is 2.58. The molecule has 0 bridgehead atoms. The summed E-state index contributed by atoms with van der Waals surface area (Å²) in [5.74, 6) is 0.949. The van der Waals surface area contributed by atoms with Crippen LogP contribution >= 0.6 is 45.2 Å². The molecule has 3 aromatic rings. The van der Waals surface area contributed by atoms with Gasteiger partial charge < -0.3 is 20.7 Å². The molecule has 1 aliphatic heterocycles. The van der Waals surface area contributed by atoms with Crippen LogP contribution in [0, 0.1) is 7.14 Å². The predicted molar refractivity (Wildman–Crippen MR) is 122 cm³/mol. The molecule has 0 atom stereocenters. The summed E-state index contributed by atoms with van der Waals surface area (Å²) < 4.78 is 7.99. The van der Waals surface area contributed by atoms with Crippen LogP contribution in [0.2, 0.25) is 0 Å². The van der Waals surface area contributed by atoms with Gasteiger partial charge in [0, 0.05) is 25.6 Å². The number of halogens is 2. The van der Waals surface area contributed by atoms with Gasteiger partial charge in [0.2, 0.25) is 0 Å². The molecule has 0 unspecified atom stereocenters. The summed E-state index contributed by atoms with van der Waals surface area (Å²) in [7, 11) is 2.10. The molecule has 128 valence electrons. The molecule has 0 aromatic heterocycles. The van der Waals surface area contributed by atoms with Gasteiger partial charge >= 0.3 is 0 Å². The van der Waals surface area contributed by atoms with Crippen LogP contribution in [0.15, 0.2) is 42.5 Å². The van der Waals surface area contributed by atoms with E-state index in [2.05, 4.69) is 98.8 Å². The minimum atomic E-state index is 0.733. The number of nitrogens with one attached hydrogen (secondary N) is 1. The van der Waals surface area contributed by atoms with Gasteiger partial charge in [0.25, 0.3) is 0 Å². The lowest BCUT2D eigenvalue weighted by Crippen LogP contribution is -2.28. The molecule has 0 radical (unpaired) electrons. The third-order valence-corrected chi connectivity index (χ3v) is 6.21. The second-order valence-corrected chi connectivity index (χ2v) is 8.45. The second-order valence-electron chi connectivity index (χ2n) is 6.13. The molecular formula is C19H17I2N3O. The van der Waals surface area contributed by atoms with Crippen molar-refractivity contribution in [2.75, 3.05) is 36.1 Å². The Hall–Kier alpha value is -1.42. The SMILES string of the molecule is CN1CCOc2cc(I)c(Nc3ccc4cc(I)c(N)cc4c3)cc21. The van der Waals surface area contributed by atoms with Crippen molar-refractivity contribution in [3.63, 3.8) is 0 Å². The zero-order valence-corrected chi connectivity index (χ0v) is 18.0. The molecule has 1 aliphatic rings. The summed E-state index contributed by atoms with van der Waals surface area (Å²) in [5, 5.41) is 5.86. The number of benzene rings is 3. The quantitative estimate of drug-likeness (QED) is 0.336. The van der Waals surface area contributed by atoms with Crippen LogP contribution in [0.1, 0.15) is 0 Å². The van der Waals surface area contributed by atoms with Gasteiger partial charge in [-0.05, 0) is 92.4 Å². The summed E-state index contributed by atoms with van der Waals surface area (Å²) in [6.07, 6.45) is 0. The van der Waals surface area contributed by atoms with E-state index in [9.17, 15) is 0 Å². The molecule has 0 saturated heterocycles. The highest BCUT2D eigenvalue weighted by atomic mass is 127. The maximum absolute atomic E-state index is 6.06. The van der Waals surface area contributed by atoms with Gasteiger partial charge in [0.15, 0.2) is 0 Å². The van der Waals surface area contributed by atoms with Crippen molar-refractivity contribution in [3.05, 3.63) is 49.6 Å². The Bertz CT molecular complexity index is 975. The smallest absolute Gasteiger partial charge is 0.143 e. The van der Waals surface area contributed by atoms with E-state index in [1.165, 1.54) is 5.39 Å². The van der Waals surface area contributed by atoms with Crippen LogP contribution in [0.5, 0.6) is 5.75 Å². The highest BCUT2D eigenvalue weighted by molar-refractivity contribution is 14.1. The zero-order valence-electron chi connectivity index (χ0n) is 13.6. The van der Waals surface area contributed by atoms with E-state index in [1.54, 1.807) is 0 Å². The number of hydrogen-bond acceptors (Lipinski definition) is 4. The first-order chi connectivity index (χ1) is 12.0. The molecule has 0 saturated carbocycles. The fourth-order valence-electron chi connectivity index (χ4n) is 2.99. The third-order valence-electron chi connectivity index (χ3n) is 4.38. The number of likely N-dealkylation sites (N-methyl/N-ethyl adjacent to an activating group) is 1. The van der Waals surface area contributed by atoms with Crippen molar-refractivity contribution in [2.45, 2.75) is 0 Å². The van der Waals surface area contributed by atoms with Crippen LogP contribution < -0.4 is 20.7 Å². The minimum Gasteiger partial charge on any atom is -0.490 e. The lowest BCUT2D eigenvalue weighted by molar-refractivity contribution is 0.311. The molecule has 0 aliphatic carbocycles. The number of fused-ring (bicyclic) bond motifs is 2. The Morgan fingerprint density at radius 2 is 1.88 bits per heavy atom. The number of ether oxygens (including phenoxy) is 1. The van der Waals surface area contributed by atoms with E-state index in [1.807, 2.05) is 6.07 Å². The van der Waals surface area contributed by atoms with E-state index < -0.39 is 0 Å². The van der Waals surface area contributed by atoms with Crippen LogP contribution in [-0.2, 0) is 0 Å². The lowest BCUT2D eigenvalue weighted by Gasteiger charge is -2.28. The van der Waals surface area contributed by atoms with Crippen LogP contribution in [-0.4, -0.2) is 20.2 Å². The monoisotopic (exact) mass is 557 g/mol. The number of hydrogen-bond donors (Lipinski definition) is 2. The van der Waals surface area contributed by atoms with E-state index >= 15 is 0 Å². The fraction of sp³-hybridized carbons (Fsp3) is 0.158. The van der Waals surface area contributed by atoms with Crippen molar-refractivity contribution in [1.29, 1.82) is 0 Å². The minimum absolute atomic E-state index is 0.733. The topological polar surface area (TPSA) is 50.5 Å². The lowest BCUT2D eigenvalue weighted by atomic mass is 10.1. The van der Waals surface area contributed by atoms with Crippen molar-refractivity contribution in [1.82, 2.24) is 0 Å². The van der Waals surface area contributed by atoms with Crippen molar-refractivity contribution in [3.8, 4) is 5.75 Å². The maximum atomic E-state index is 6.06. The van der Waals surface area contributed by atoms with Gasteiger partial charge in [-0.15, -0.1) is 0 Å². The largest absolute Gasteiger partial charge is 0.490 e. The van der Waals surface area contributed by atoms with Crippen molar-refractivity contribution >= 4 is 78.7 Å². The molecule has 3 N–H and O–H groups in total. The maximum Gasteiger partial charge on any atom is 0.143 e. The third kappa shape index (κ3) is 3.33. The number of rotatable bonds is 2. The zero-order chi connectivity index (χ0) is 17.6. The first-order valence-corrected chi connectivity index (χ1v) is 10.1. The molecular weight excluding hydrogens is 540 g/mol. The van der Waals surface area contributed by atoms with Crippen LogP contribution in [0.4, 0.5) is 22.7 Å². The number of anilines is 4. The van der Waals surface area contributed by atoms with Gasteiger partial charge in [-0.1, -0.05) is 6.07 Å². The van der Waals surface area contributed by atoms with Crippen LogP contribution in [0.25, 0.3) is 10.8 Å². The van der Waals surface area contributed by atoms with E-state index in [-0.39, 0.29) is 0 Å². The summed E-state index contributed by atoms with van der Waals surface area (Å²) in [6.45, 7) is 1.64. The first-order valence-electron chi connectivity index (χ1n) is 7.94. The fourth-order valence-corrected chi connectivity index (χ4v) is 4.05. The summed E-state index contributed by atoms with van der Waals surface area (Å²) >= 11 is 4.61. The van der Waals surface area contributed by atoms with Gasteiger partial charge in [-0.3, -0.25) is 0 Å². The number of nitrogens with zero attached hydrogens (tertiary/aromatic N) is 1. The Labute approximate surface area is 174 Å². The molecule has 4 nitrogen and oxygen atoms in total. The molecule has 3 aromatic carbocycles. The molecule has 0 spiro atoms. The second kappa shape index (κ2) is 6.71. The Balaban J connectivity index is 1.71. The molecule has 25 heavy (non-hydrogen) atoms. The Kier molecular flexibility index (Phi) is 4.57. The summed E-state index contributed by atoms with van der Waals surface area (Å²) in [4.78, 5) is 2.23. The summed E-state index contributed by atoms with van der Waals surface area (Å²) in [5.41, 5.74) is 10.1. The Morgan fingerprint density at radius 1 is 1.04 bits per heavy atom. The van der Waals surface area contributed by atoms with Crippen molar-refractivity contribution in [2.24, 2.45) is 0 Å². The van der Waals surface area contributed by atoms with Gasteiger partial charge in [0.05, 0.1) is 17.9 Å². The molecule has 6 heteroatoms. The highest BCUT2D eigenvalue weighted by Gasteiger charge is 2.17. The highest BCUT2D eigenvalue weighted by Crippen LogP contribution is 2.38. The van der Waals surface area contributed by atoms with Gasteiger partial charge in [-0.2, -0.15) is 0 Å². The van der Waals surface area contributed by atoms with Gasteiger partial charge in [-0.25, -0.2) is 0 Å². The first kappa shape index (κ1) is 17.0. The van der Waals surface area contributed by atoms with E-state index in [0.29, 0.717) is 0 Å². The Morgan fingerprint density at radius 3 is 2.72 bits per heavy atom. The van der Waals surface area contributed by atoms with E-state index in [4.69, 9.17) is 10.5 Å². The predicted octanol–water partition coefficient (Wildman–Crippen LogP) is 5.20. The van der Waals surface area contributed by atoms with Crippen molar-refractivity contribution < 1.29 is 4.74 Å². The molecule has 1 heterocycles. The molecule has 4 rings (SSSR count). The average molecular weight is 557 g/mol. The molecule has 0 amide bonds. The number of nitrogen functional groups attached to an aromatic ring is 1. The van der Waals surface area contributed by atoms with E-state index in [0.717, 1.165) is 54.2 Å². The van der Waals surface area contributed by atoms with Gasteiger partial charge in [0.1, 0.15) is 12.4 Å². The normalized spacial score (nSPS) is 13.5. The number of nitrogens with two attached hydrogens (primary N) is 1. The standard InChI is InChI=1S/C19H17I2N3O/c1-24-4-5-25-19-9-15(21)17(10-18(19)24)23-13-3-2-11-7-14(20)16(22)8-12(11)6-13/h2-3,6-10,23H,4-5,22H2,1H3.